The van der Waals surface area contributed by atoms with Crippen molar-refractivity contribution in [2.45, 2.75) is 45.8 Å². The number of fused-ring (bicyclic) bond motifs is 1. The van der Waals surface area contributed by atoms with Crippen LogP contribution in [0.25, 0.3) is 11.4 Å². The van der Waals surface area contributed by atoms with Crippen LogP contribution in [0, 0.1) is 17.8 Å². The van der Waals surface area contributed by atoms with Gasteiger partial charge in [0.2, 0.25) is 5.91 Å². The number of rotatable bonds is 10. The third kappa shape index (κ3) is 7.03. The molecular weight excluding hydrogens is 568 g/mol. The molecule has 2 aromatic rings. The molecule has 0 radical (unpaired) electrons. The lowest BCUT2D eigenvalue weighted by molar-refractivity contribution is -0.136. The number of carbonyl (C=O) groups excluding carboxylic acids is 3. The molecule has 4 atom stereocenters. The van der Waals surface area contributed by atoms with Crippen molar-refractivity contribution in [3.05, 3.63) is 42.1 Å². The first-order valence-electron chi connectivity index (χ1n) is 15.3. The van der Waals surface area contributed by atoms with E-state index in [1.165, 1.54) is 0 Å². The van der Waals surface area contributed by atoms with Gasteiger partial charge in [0.1, 0.15) is 23.7 Å². The molecule has 3 amide bonds. The van der Waals surface area contributed by atoms with Crippen molar-refractivity contribution in [3.63, 3.8) is 0 Å². The van der Waals surface area contributed by atoms with E-state index in [0.29, 0.717) is 57.5 Å². The van der Waals surface area contributed by atoms with Gasteiger partial charge in [-0.25, -0.2) is 19.6 Å². The van der Waals surface area contributed by atoms with Gasteiger partial charge in [0.05, 0.1) is 6.61 Å². The van der Waals surface area contributed by atoms with Crippen molar-refractivity contribution in [1.82, 2.24) is 25.1 Å². The fourth-order valence-corrected chi connectivity index (χ4v) is 5.81. The minimum Gasteiger partial charge on any atom is -0.450 e. The summed E-state index contributed by atoms with van der Waals surface area (Å²) in [5.41, 5.74) is 0.869. The van der Waals surface area contributed by atoms with Crippen molar-refractivity contribution in [2.24, 2.45) is 17.8 Å². The SMILES string of the molecule is CCCCOC(=O)N1CCN(C(=O)[C@@H](NC(=O)c2cc(N3C[C@@H]4C(OC(=O)O)[C@@H]4C3)nc(-c3ccccc3)n2)C(C)C)CC1. The predicted molar refractivity (Wildman–Crippen MR) is 160 cm³/mol. The monoisotopic (exact) mass is 608 g/mol. The number of benzene rings is 1. The Kier molecular flexibility index (Phi) is 9.50. The number of piperazine rings is 1. The normalized spacial score (nSPS) is 21.5. The van der Waals surface area contributed by atoms with Crippen LogP contribution < -0.4 is 10.2 Å². The number of unbranched alkanes of at least 4 members (excludes halogenated alkanes) is 1. The average Bonchev–Trinajstić information content (AvgIpc) is 3.43. The third-order valence-electron chi connectivity index (χ3n) is 8.45. The van der Waals surface area contributed by atoms with Gasteiger partial charge < -0.3 is 34.6 Å². The smallest absolute Gasteiger partial charge is 0.450 e. The minimum atomic E-state index is -1.27. The zero-order chi connectivity index (χ0) is 31.4. The first kappa shape index (κ1) is 31.0. The van der Waals surface area contributed by atoms with Gasteiger partial charge in [0.15, 0.2) is 5.82 Å². The second-order valence-corrected chi connectivity index (χ2v) is 11.9. The van der Waals surface area contributed by atoms with Crippen LogP contribution in [0.15, 0.2) is 36.4 Å². The lowest BCUT2D eigenvalue weighted by atomic mass is 10.0. The van der Waals surface area contributed by atoms with E-state index in [1.807, 2.05) is 56.0 Å². The number of carbonyl (C=O) groups is 4. The summed E-state index contributed by atoms with van der Waals surface area (Å²) in [7, 11) is 0. The van der Waals surface area contributed by atoms with Crippen molar-refractivity contribution in [2.75, 3.05) is 50.8 Å². The van der Waals surface area contributed by atoms with Crippen molar-refractivity contribution >= 4 is 29.9 Å². The molecule has 2 aliphatic heterocycles. The molecule has 3 aliphatic rings. The second-order valence-electron chi connectivity index (χ2n) is 11.9. The molecule has 2 N–H and O–H groups in total. The number of nitrogens with one attached hydrogen (secondary N) is 1. The Hall–Kier alpha value is -4.42. The Morgan fingerprint density at radius 1 is 1.00 bits per heavy atom. The molecule has 3 heterocycles. The standard InChI is InChI=1S/C31H40N6O7/c1-4-5-15-43-30(40)36-13-11-35(12-14-36)29(39)25(19(2)3)34-28(38)23-16-24(33-27(32-23)20-9-7-6-8-10-20)37-17-21-22(18-37)26(21)44-31(41)42/h6-10,16,19,21-22,25-26H,4-5,11-15,17-18H2,1-3H3,(H,34,38)(H,41,42)/t21-,22+,25-,26?/m0/s1. The third-order valence-corrected chi connectivity index (χ3v) is 8.45. The topological polar surface area (TPSA) is 154 Å². The number of ether oxygens (including phenoxy) is 2. The van der Waals surface area contributed by atoms with Crippen LogP contribution in [0.5, 0.6) is 0 Å². The zero-order valence-corrected chi connectivity index (χ0v) is 25.3. The molecule has 1 aromatic carbocycles. The summed E-state index contributed by atoms with van der Waals surface area (Å²) in [6.45, 7) is 8.68. The summed E-state index contributed by atoms with van der Waals surface area (Å²) >= 11 is 0. The van der Waals surface area contributed by atoms with E-state index in [2.05, 4.69) is 10.3 Å². The summed E-state index contributed by atoms with van der Waals surface area (Å²) < 4.78 is 10.3. The first-order valence-corrected chi connectivity index (χ1v) is 15.3. The molecule has 0 bridgehead atoms. The molecule has 1 aromatic heterocycles. The molecule has 3 fully saturated rings. The maximum Gasteiger partial charge on any atom is 0.506 e. The van der Waals surface area contributed by atoms with Crippen LogP contribution in [0.1, 0.15) is 44.1 Å². The first-order chi connectivity index (χ1) is 21.2. The van der Waals surface area contributed by atoms with Gasteiger partial charge >= 0.3 is 12.2 Å². The van der Waals surface area contributed by atoms with Gasteiger partial charge in [-0.05, 0) is 12.3 Å². The molecule has 1 aliphatic carbocycles. The summed E-state index contributed by atoms with van der Waals surface area (Å²) in [5.74, 6) is 0.193. The summed E-state index contributed by atoms with van der Waals surface area (Å²) in [6, 6.07) is 10.1. The highest BCUT2D eigenvalue weighted by molar-refractivity contribution is 5.97. The number of hydrogen-bond acceptors (Lipinski definition) is 9. The van der Waals surface area contributed by atoms with Gasteiger partial charge in [-0.1, -0.05) is 57.5 Å². The quantitative estimate of drug-likeness (QED) is 0.304. The fraction of sp³-hybridized carbons (Fsp3) is 0.548. The van der Waals surface area contributed by atoms with E-state index >= 15 is 0 Å². The van der Waals surface area contributed by atoms with Crippen LogP contribution in [0.3, 0.4) is 0 Å². The highest BCUT2D eigenvalue weighted by Gasteiger charge is 2.59. The lowest BCUT2D eigenvalue weighted by Gasteiger charge is -2.36. The van der Waals surface area contributed by atoms with Crippen LogP contribution in [-0.4, -0.2) is 107 Å². The van der Waals surface area contributed by atoms with Crippen LogP contribution in [0.2, 0.25) is 0 Å². The Bertz CT molecular complexity index is 1350. The number of piperidine rings is 1. The number of anilines is 1. The summed E-state index contributed by atoms with van der Waals surface area (Å²) in [5, 5.41) is 11.9. The van der Waals surface area contributed by atoms with E-state index in [1.54, 1.807) is 15.9 Å². The van der Waals surface area contributed by atoms with Crippen LogP contribution in [-0.2, 0) is 14.3 Å². The minimum absolute atomic E-state index is 0.0834. The maximum absolute atomic E-state index is 13.7. The average molecular weight is 609 g/mol. The van der Waals surface area contributed by atoms with Gasteiger partial charge in [0.25, 0.3) is 5.91 Å². The van der Waals surface area contributed by atoms with Crippen molar-refractivity contribution < 1.29 is 33.8 Å². The maximum atomic E-state index is 13.7. The van der Waals surface area contributed by atoms with E-state index in [4.69, 9.17) is 19.6 Å². The number of amides is 3. The van der Waals surface area contributed by atoms with E-state index < -0.39 is 18.1 Å². The van der Waals surface area contributed by atoms with E-state index in [9.17, 15) is 19.2 Å². The lowest BCUT2D eigenvalue weighted by Crippen LogP contribution is -2.57. The molecule has 13 heteroatoms. The highest BCUT2D eigenvalue weighted by Crippen LogP contribution is 2.48. The molecule has 13 nitrogen and oxygen atoms in total. The van der Waals surface area contributed by atoms with Gasteiger partial charge in [-0.15, -0.1) is 0 Å². The molecule has 5 rings (SSSR count). The van der Waals surface area contributed by atoms with Gasteiger partial charge in [-0.3, -0.25) is 9.59 Å². The van der Waals surface area contributed by atoms with Crippen LogP contribution in [0.4, 0.5) is 15.4 Å². The number of hydrogen-bond donors (Lipinski definition) is 2. The van der Waals surface area contributed by atoms with Crippen molar-refractivity contribution in [1.29, 1.82) is 0 Å². The zero-order valence-electron chi connectivity index (χ0n) is 25.3. The Morgan fingerprint density at radius 3 is 2.27 bits per heavy atom. The summed E-state index contributed by atoms with van der Waals surface area (Å²) in [6.07, 6.45) is -0.209. The Labute approximate surface area is 256 Å². The molecule has 44 heavy (non-hydrogen) atoms. The Morgan fingerprint density at radius 2 is 1.66 bits per heavy atom. The van der Waals surface area contributed by atoms with Crippen molar-refractivity contribution in [3.8, 4) is 11.4 Å². The van der Waals surface area contributed by atoms with E-state index in [0.717, 1.165) is 18.4 Å². The van der Waals surface area contributed by atoms with Crippen LogP contribution >= 0.6 is 0 Å². The predicted octanol–water partition coefficient (Wildman–Crippen LogP) is 3.11. The molecule has 1 saturated carbocycles. The van der Waals surface area contributed by atoms with E-state index in [-0.39, 0.29) is 41.6 Å². The fourth-order valence-electron chi connectivity index (χ4n) is 5.81. The number of nitrogens with zero attached hydrogens (tertiary/aromatic N) is 5. The molecule has 0 spiro atoms. The second kappa shape index (κ2) is 13.5. The highest BCUT2D eigenvalue weighted by atomic mass is 16.7. The molecule has 236 valence electrons. The molecule has 1 unspecified atom stereocenters. The number of aromatic nitrogens is 2. The van der Waals surface area contributed by atoms with Gasteiger partial charge in [-0.2, -0.15) is 0 Å². The summed E-state index contributed by atoms with van der Waals surface area (Å²) in [4.78, 5) is 65.2. The molecule has 2 saturated heterocycles. The number of carboxylic acid groups (broad SMARTS) is 1. The van der Waals surface area contributed by atoms with Gasteiger partial charge in [0, 0.05) is 62.7 Å². The Balaban J connectivity index is 1.28. The largest absolute Gasteiger partial charge is 0.506 e. The molecular formula is C31H40N6O7.